The van der Waals surface area contributed by atoms with Gasteiger partial charge in [-0.25, -0.2) is 36.7 Å². The monoisotopic (exact) mass is 436 g/mol. The first-order valence-electron chi connectivity index (χ1n) is 7.07. The number of halogens is 4. The van der Waals surface area contributed by atoms with Gasteiger partial charge in [-0.3, -0.25) is 0 Å². The molecule has 0 fully saturated rings. The highest BCUT2D eigenvalue weighted by molar-refractivity contribution is 5.97. The van der Waals surface area contributed by atoms with Crippen molar-refractivity contribution in [3.63, 3.8) is 0 Å². The van der Waals surface area contributed by atoms with Crippen molar-refractivity contribution in [2.45, 2.75) is 0 Å². The number of benzene rings is 2. The minimum Gasteiger partial charge on any atom is -0.507 e. The van der Waals surface area contributed by atoms with Crippen molar-refractivity contribution in [3.8, 4) is 11.5 Å². The number of aromatic carboxylic acids is 4. The van der Waals surface area contributed by atoms with Crippen LogP contribution >= 0.6 is 0 Å². The first-order valence-corrected chi connectivity index (χ1v) is 7.07. The van der Waals surface area contributed by atoms with Gasteiger partial charge >= 0.3 is 23.9 Å². The maximum absolute atomic E-state index is 12.9. The molecule has 0 saturated carbocycles. The van der Waals surface area contributed by atoms with Crippen LogP contribution in [0, 0.1) is 23.3 Å². The Bertz CT molecular complexity index is 967. The van der Waals surface area contributed by atoms with Gasteiger partial charge in [-0.05, 0) is 12.1 Å². The van der Waals surface area contributed by atoms with Crippen LogP contribution in [0.5, 0.6) is 11.5 Å². The van der Waals surface area contributed by atoms with E-state index >= 15 is 0 Å². The number of carboxylic acid groups (broad SMARTS) is 4. The zero-order chi connectivity index (χ0) is 23.5. The van der Waals surface area contributed by atoms with E-state index in [0.717, 1.165) is 0 Å². The van der Waals surface area contributed by atoms with Gasteiger partial charge in [0.15, 0.2) is 23.3 Å². The molecule has 0 radical (unpaired) electrons. The molecule has 6 N–H and O–H groups in total. The minimum absolute atomic E-state index is 0.549. The number of carbonyl (C=O) groups is 4. The van der Waals surface area contributed by atoms with Crippen molar-refractivity contribution in [1.29, 1.82) is 0 Å². The van der Waals surface area contributed by atoms with E-state index in [1.54, 1.807) is 0 Å². The van der Waals surface area contributed by atoms with Gasteiger partial charge in [0.05, 0.1) is 0 Å². The van der Waals surface area contributed by atoms with Gasteiger partial charge in [-0.15, -0.1) is 0 Å². The molecule has 2 aromatic carbocycles. The summed E-state index contributed by atoms with van der Waals surface area (Å²) in [4.78, 5) is 41.4. The van der Waals surface area contributed by atoms with Gasteiger partial charge in [0.1, 0.15) is 33.8 Å². The van der Waals surface area contributed by atoms with Gasteiger partial charge in [-0.1, -0.05) is 0 Å². The van der Waals surface area contributed by atoms with Crippen LogP contribution in [0.1, 0.15) is 41.4 Å². The van der Waals surface area contributed by atoms with E-state index in [9.17, 15) is 36.7 Å². The van der Waals surface area contributed by atoms with E-state index < -0.39 is 80.9 Å². The molecule has 14 heteroatoms. The smallest absolute Gasteiger partial charge is 0.341 e. The van der Waals surface area contributed by atoms with Crippen molar-refractivity contribution < 1.29 is 67.4 Å². The molecule has 0 unspecified atom stereocenters. The number of aromatic hydroxyl groups is 2. The first-order chi connectivity index (χ1) is 13.7. The molecule has 0 atom stereocenters. The van der Waals surface area contributed by atoms with Crippen LogP contribution < -0.4 is 0 Å². The van der Waals surface area contributed by atoms with Crippen molar-refractivity contribution >= 4 is 23.9 Å². The molecule has 0 aromatic heterocycles. The van der Waals surface area contributed by atoms with Gasteiger partial charge < -0.3 is 30.6 Å². The number of hydrogen-bond acceptors (Lipinski definition) is 6. The summed E-state index contributed by atoms with van der Waals surface area (Å²) < 4.78 is 51.6. The van der Waals surface area contributed by atoms with Crippen molar-refractivity contribution in [1.82, 2.24) is 0 Å². The summed E-state index contributed by atoms with van der Waals surface area (Å²) in [6, 6.07) is 1.36. The third-order valence-electron chi connectivity index (χ3n) is 3.27. The van der Waals surface area contributed by atoms with E-state index in [-0.39, 0.29) is 0 Å². The molecule has 160 valence electrons. The Hall–Kier alpha value is -4.36. The van der Waals surface area contributed by atoms with E-state index in [1.165, 1.54) is 0 Å². The van der Waals surface area contributed by atoms with Crippen molar-refractivity contribution in [2.75, 3.05) is 0 Å². The van der Waals surface area contributed by atoms with Crippen LogP contribution in [0.3, 0.4) is 0 Å². The Morgan fingerprint density at radius 1 is 0.533 bits per heavy atom. The largest absolute Gasteiger partial charge is 0.507 e. The summed E-state index contributed by atoms with van der Waals surface area (Å²) in [5.41, 5.74) is -4.85. The van der Waals surface area contributed by atoms with Crippen LogP contribution in [-0.2, 0) is 0 Å². The normalized spacial score (nSPS) is 10.0. The minimum atomic E-state index is -2.26. The molecule has 0 aliphatic carbocycles. The second-order valence-electron chi connectivity index (χ2n) is 5.11. The fourth-order valence-corrected chi connectivity index (χ4v) is 1.93. The van der Waals surface area contributed by atoms with Crippen molar-refractivity contribution in [3.05, 3.63) is 57.7 Å². The average molecular weight is 436 g/mol. The molecule has 0 saturated heterocycles. The fraction of sp³-hybridized carbons (Fsp3) is 0. The molecule has 10 nitrogen and oxygen atoms in total. The van der Waals surface area contributed by atoms with Gasteiger partial charge in [0.25, 0.3) is 0 Å². The standard InChI is InChI=1S/C8H2F4O4.C8H6O6/c9-3-1(7(13)14)4(10)6(12)2(5(3)11)8(15)16;9-5-1-3(7(11)12)6(10)2-4(5)8(13)14/h(H,13,14)(H,15,16);1-2,9-10H,(H,11,12)(H,13,14). The van der Waals surface area contributed by atoms with Crippen LogP contribution in [0.2, 0.25) is 0 Å². The number of hydrogen-bond donors (Lipinski definition) is 6. The Morgan fingerprint density at radius 3 is 0.933 bits per heavy atom. The van der Waals surface area contributed by atoms with Gasteiger partial charge in [0, 0.05) is 0 Å². The number of phenols is 2. The Labute approximate surface area is 161 Å². The molecule has 2 rings (SSSR count). The number of carboxylic acids is 4. The summed E-state index contributed by atoms with van der Waals surface area (Å²) in [5, 5.41) is 51.7. The Balaban J connectivity index is 0.000000303. The summed E-state index contributed by atoms with van der Waals surface area (Å²) >= 11 is 0. The number of rotatable bonds is 4. The highest BCUT2D eigenvalue weighted by atomic mass is 19.2. The lowest BCUT2D eigenvalue weighted by Gasteiger charge is -2.05. The Kier molecular flexibility index (Phi) is 6.92. The second-order valence-corrected chi connectivity index (χ2v) is 5.11. The fourth-order valence-electron chi connectivity index (χ4n) is 1.93. The lowest BCUT2D eigenvalue weighted by molar-refractivity contribution is 0.0658. The summed E-state index contributed by atoms with van der Waals surface area (Å²) in [5.74, 6) is -17.8. The lowest BCUT2D eigenvalue weighted by Crippen LogP contribution is -2.15. The highest BCUT2D eigenvalue weighted by Gasteiger charge is 2.32. The van der Waals surface area contributed by atoms with Gasteiger partial charge in [-0.2, -0.15) is 0 Å². The van der Waals surface area contributed by atoms with E-state index in [1.807, 2.05) is 0 Å². The Morgan fingerprint density at radius 2 is 0.767 bits per heavy atom. The highest BCUT2D eigenvalue weighted by Crippen LogP contribution is 2.27. The van der Waals surface area contributed by atoms with Gasteiger partial charge in [0.2, 0.25) is 0 Å². The summed E-state index contributed by atoms with van der Waals surface area (Å²) in [7, 11) is 0. The summed E-state index contributed by atoms with van der Waals surface area (Å²) in [6.45, 7) is 0. The molecule has 0 aliphatic rings. The molecule has 0 bridgehead atoms. The molecule has 30 heavy (non-hydrogen) atoms. The van der Waals surface area contributed by atoms with Crippen molar-refractivity contribution in [2.24, 2.45) is 0 Å². The predicted octanol–water partition coefficient (Wildman–Crippen LogP) is 2.13. The molecular formula is C16H8F4O10. The molecular weight excluding hydrogens is 428 g/mol. The third kappa shape index (κ3) is 4.54. The quantitative estimate of drug-likeness (QED) is 0.235. The maximum atomic E-state index is 12.9. The van der Waals surface area contributed by atoms with E-state index in [4.69, 9.17) is 30.6 Å². The molecule has 0 amide bonds. The lowest BCUT2D eigenvalue weighted by atomic mass is 10.1. The third-order valence-corrected chi connectivity index (χ3v) is 3.27. The second kappa shape index (κ2) is 8.76. The van der Waals surface area contributed by atoms with Crippen LogP contribution in [0.15, 0.2) is 12.1 Å². The maximum Gasteiger partial charge on any atom is 0.341 e. The average Bonchev–Trinajstić information content (AvgIpc) is 2.61. The zero-order valence-electron chi connectivity index (χ0n) is 14.0. The summed E-state index contributed by atoms with van der Waals surface area (Å²) in [6.07, 6.45) is 0. The van der Waals surface area contributed by atoms with Crippen LogP contribution in [-0.4, -0.2) is 54.5 Å². The SMILES string of the molecule is O=C(O)c1c(F)c(F)c(C(=O)O)c(F)c1F.O=C(O)c1cc(O)c(C(=O)O)cc1O. The first kappa shape index (κ1) is 23.7. The molecule has 0 heterocycles. The van der Waals surface area contributed by atoms with E-state index in [0.29, 0.717) is 12.1 Å². The zero-order valence-corrected chi connectivity index (χ0v) is 14.0. The van der Waals surface area contributed by atoms with E-state index in [2.05, 4.69) is 0 Å². The predicted molar refractivity (Wildman–Crippen MR) is 83.9 cm³/mol. The van der Waals surface area contributed by atoms with Crippen LogP contribution in [0.4, 0.5) is 17.6 Å². The topological polar surface area (TPSA) is 190 Å². The molecule has 2 aromatic rings. The molecule has 0 spiro atoms. The van der Waals surface area contributed by atoms with Crippen LogP contribution in [0.25, 0.3) is 0 Å². The molecule has 0 aliphatic heterocycles.